The van der Waals surface area contributed by atoms with Gasteiger partial charge in [-0.3, -0.25) is 4.90 Å². The standard InChI is InChI=1S/C13H15BrF4N2O/c14-9-2-1-8(13(16,17)18)11(12(9)21)10(7-15)20-5-3-19-4-6-20/h1-2,10,19,21H,3-7H2/t10-/m0/s1. The molecule has 0 bridgehead atoms. The van der Waals surface area contributed by atoms with Gasteiger partial charge in [-0.1, -0.05) is 0 Å². The molecular formula is C13H15BrF4N2O. The van der Waals surface area contributed by atoms with Crippen LogP contribution < -0.4 is 5.32 Å². The van der Waals surface area contributed by atoms with E-state index in [0.29, 0.717) is 26.2 Å². The predicted octanol–water partition coefficient (Wildman–Crippen LogP) is 3.09. The Kier molecular flexibility index (Phi) is 5.11. The van der Waals surface area contributed by atoms with E-state index in [9.17, 15) is 22.7 Å². The lowest BCUT2D eigenvalue weighted by Gasteiger charge is -2.35. The van der Waals surface area contributed by atoms with Crippen molar-refractivity contribution in [2.24, 2.45) is 0 Å². The molecule has 3 nitrogen and oxygen atoms in total. The van der Waals surface area contributed by atoms with Gasteiger partial charge in [0.25, 0.3) is 0 Å². The molecular weight excluding hydrogens is 356 g/mol. The molecule has 2 N–H and O–H groups in total. The summed E-state index contributed by atoms with van der Waals surface area (Å²) in [5.41, 5.74) is -1.40. The van der Waals surface area contributed by atoms with Crippen LogP contribution in [0.2, 0.25) is 0 Å². The van der Waals surface area contributed by atoms with Gasteiger partial charge in [0.15, 0.2) is 0 Å². The molecule has 1 aromatic carbocycles. The molecule has 0 amide bonds. The van der Waals surface area contributed by atoms with Gasteiger partial charge in [-0.05, 0) is 28.1 Å². The first-order chi connectivity index (χ1) is 9.86. The van der Waals surface area contributed by atoms with Crippen LogP contribution in [0, 0.1) is 0 Å². The number of alkyl halides is 4. The summed E-state index contributed by atoms with van der Waals surface area (Å²) in [7, 11) is 0. The molecule has 1 heterocycles. The van der Waals surface area contributed by atoms with Crippen LogP contribution in [0.15, 0.2) is 16.6 Å². The highest BCUT2D eigenvalue weighted by Crippen LogP contribution is 2.43. The van der Waals surface area contributed by atoms with Crippen molar-refractivity contribution in [2.75, 3.05) is 32.9 Å². The first-order valence-corrected chi connectivity index (χ1v) is 7.25. The highest BCUT2D eigenvalue weighted by atomic mass is 79.9. The monoisotopic (exact) mass is 370 g/mol. The minimum absolute atomic E-state index is 0.124. The zero-order chi connectivity index (χ0) is 15.6. The minimum atomic E-state index is -4.64. The van der Waals surface area contributed by atoms with E-state index in [0.717, 1.165) is 12.1 Å². The van der Waals surface area contributed by atoms with Crippen LogP contribution in [-0.2, 0) is 6.18 Å². The van der Waals surface area contributed by atoms with Crippen molar-refractivity contribution in [3.8, 4) is 5.75 Å². The summed E-state index contributed by atoms with van der Waals surface area (Å²) in [5.74, 6) is -0.550. The summed E-state index contributed by atoms with van der Waals surface area (Å²) in [6.45, 7) is 1.02. The van der Waals surface area contributed by atoms with Crippen molar-refractivity contribution in [2.45, 2.75) is 12.2 Å². The quantitative estimate of drug-likeness (QED) is 0.802. The number of piperazine rings is 1. The average Bonchev–Trinajstić information content (AvgIpc) is 2.44. The number of benzene rings is 1. The second-order valence-corrected chi connectivity index (χ2v) is 5.67. The van der Waals surface area contributed by atoms with Crippen LogP contribution in [-0.4, -0.2) is 42.9 Å². The number of aromatic hydroxyl groups is 1. The smallest absolute Gasteiger partial charge is 0.416 e. The molecule has 1 aliphatic rings. The Labute approximate surface area is 128 Å². The van der Waals surface area contributed by atoms with Gasteiger partial charge in [0.2, 0.25) is 0 Å². The third-order valence-corrected chi connectivity index (χ3v) is 4.18. The molecule has 1 aromatic rings. The maximum Gasteiger partial charge on any atom is 0.416 e. The van der Waals surface area contributed by atoms with E-state index < -0.39 is 35.8 Å². The maximum absolute atomic E-state index is 13.5. The van der Waals surface area contributed by atoms with Gasteiger partial charge in [-0.2, -0.15) is 13.2 Å². The fourth-order valence-electron chi connectivity index (χ4n) is 2.52. The third-order valence-electron chi connectivity index (χ3n) is 3.54. The molecule has 0 aliphatic carbocycles. The number of rotatable bonds is 3. The molecule has 0 aromatic heterocycles. The van der Waals surface area contributed by atoms with Crippen LogP contribution in [0.4, 0.5) is 17.6 Å². The van der Waals surface area contributed by atoms with Crippen LogP contribution >= 0.6 is 15.9 Å². The van der Waals surface area contributed by atoms with E-state index in [2.05, 4.69) is 21.2 Å². The van der Waals surface area contributed by atoms with Crippen LogP contribution in [0.3, 0.4) is 0 Å². The summed E-state index contributed by atoms with van der Waals surface area (Å²) in [6, 6.07) is 0.875. The van der Waals surface area contributed by atoms with Gasteiger partial charge < -0.3 is 10.4 Å². The summed E-state index contributed by atoms with van der Waals surface area (Å²) in [6.07, 6.45) is -4.64. The number of nitrogens with one attached hydrogen (secondary N) is 1. The Morgan fingerprint density at radius 3 is 2.43 bits per heavy atom. The first kappa shape index (κ1) is 16.5. The molecule has 1 aliphatic heterocycles. The minimum Gasteiger partial charge on any atom is -0.506 e. The lowest BCUT2D eigenvalue weighted by atomic mass is 9.97. The van der Waals surface area contributed by atoms with E-state index in [1.807, 2.05) is 0 Å². The molecule has 8 heteroatoms. The highest BCUT2D eigenvalue weighted by Gasteiger charge is 2.39. The van der Waals surface area contributed by atoms with Crippen molar-refractivity contribution in [3.63, 3.8) is 0 Å². The second-order valence-electron chi connectivity index (χ2n) is 4.81. The van der Waals surface area contributed by atoms with Crippen LogP contribution in [0.25, 0.3) is 0 Å². The second kappa shape index (κ2) is 6.50. The zero-order valence-corrected chi connectivity index (χ0v) is 12.6. The largest absolute Gasteiger partial charge is 0.506 e. The fraction of sp³-hybridized carbons (Fsp3) is 0.538. The van der Waals surface area contributed by atoms with Crippen LogP contribution in [0.1, 0.15) is 17.2 Å². The lowest BCUT2D eigenvalue weighted by molar-refractivity contribution is -0.139. The highest BCUT2D eigenvalue weighted by molar-refractivity contribution is 9.10. The van der Waals surface area contributed by atoms with Gasteiger partial charge >= 0.3 is 6.18 Å². The molecule has 1 saturated heterocycles. The van der Waals surface area contributed by atoms with Gasteiger partial charge in [-0.15, -0.1) is 0 Å². The normalized spacial score (nSPS) is 18.7. The molecule has 0 spiro atoms. The molecule has 0 saturated carbocycles. The molecule has 21 heavy (non-hydrogen) atoms. The number of halogens is 5. The first-order valence-electron chi connectivity index (χ1n) is 6.45. The lowest BCUT2D eigenvalue weighted by Crippen LogP contribution is -2.46. The number of phenolic OH excluding ortho intramolecular Hbond substituents is 1. The topological polar surface area (TPSA) is 35.5 Å². The molecule has 0 unspecified atom stereocenters. The Morgan fingerprint density at radius 2 is 1.90 bits per heavy atom. The number of hydrogen-bond acceptors (Lipinski definition) is 3. The van der Waals surface area contributed by atoms with E-state index in [1.54, 1.807) is 4.90 Å². The van der Waals surface area contributed by atoms with Crippen molar-refractivity contribution in [1.29, 1.82) is 0 Å². The number of hydrogen-bond donors (Lipinski definition) is 2. The number of phenols is 1. The SMILES string of the molecule is Oc1c(Br)ccc(C(F)(F)F)c1[C@H](CF)N1CCNCC1. The molecule has 1 atom stereocenters. The van der Waals surface area contributed by atoms with Crippen molar-refractivity contribution >= 4 is 15.9 Å². The van der Waals surface area contributed by atoms with Crippen molar-refractivity contribution < 1.29 is 22.7 Å². The summed E-state index contributed by atoms with van der Waals surface area (Å²) >= 11 is 3.00. The Morgan fingerprint density at radius 1 is 1.29 bits per heavy atom. The summed E-state index contributed by atoms with van der Waals surface area (Å²) in [5, 5.41) is 13.1. The number of nitrogens with zero attached hydrogens (tertiary/aromatic N) is 1. The Bertz CT molecular complexity index is 504. The molecule has 0 radical (unpaired) electrons. The molecule has 2 rings (SSSR count). The van der Waals surface area contributed by atoms with E-state index in [1.165, 1.54) is 0 Å². The van der Waals surface area contributed by atoms with E-state index in [4.69, 9.17) is 0 Å². The summed E-state index contributed by atoms with van der Waals surface area (Å²) in [4.78, 5) is 1.62. The zero-order valence-electron chi connectivity index (χ0n) is 11.1. The maximum atomic E-state index is 13.5. The fourth-order valence-corrected chi connectivity index (χ4v) is 2.86. The van der Waals surface area contributed by atoms with Gasteiger partial charge in [-0.25, -0.2) is 4.39 Å². The summed E-state index contributed by atoms with van der Waals surface area (Å²) < 4.78 is 53.0. The predicted molar refractivity (Wildman–Crippen MR) is 74.0 cm³/mol. The van der Waals surface area contributed by atoms with Gasteiger partial charge in [0.1, 0.15) is 12.4 Å². The Balaban J connectivity index is 2.50. The van der Waals surface area contributed by atoms with Crippen molar-refractivity contribution in [1.82, 2.24) is 10.2 Å². The Hall–Kier alpha value is -0.860. The van der Waals surface area contributed by atoms with Gasteiger partial charge in [0, 0.05) is 31.7 Å². The third kappa shape index (κ3) is 3.49. The van der Waals surface area contributed by atoms with Crippen molar-refractivity contribution in [3.05, 3.63) is 27.7 Å². The van der Waals surface area contributed by atoms with E-state index >= 15 is 0 Å². The molecule has 118 valence electrons. The van der Waals surface area contributed by atoms with Gasteiger partial charge in [0.05, 0.1) is 16.1 Å². The molecule has 1 fully saturated rings. The van der Waals surface area contributed by atoms with E-state index in [-0.39, 0.29) is 4.47 Å². The average molecular weight is 371 g/mol. The van der Waals surface area contributed by atoms with Crippen LogP contribution in [0.5, 0.6) is 5.75 Å².